The summed E-state index contributed by atoms with van der Waals surface area (Å²) in [4.78, 5) is 10.5. The number of halogens is 1. The van der Waals surface area contributed by atoms with Crippen LogP contribution >= 0.6 is 11.6 Å². The number of aldehydes is 1. The maximum absolute atomic E-state index is 10.5. The van der Waals surface area contributed by atoms with E-state index < -0.39 is 5.60 Å². The van der Waals surface area contributed by atoms with Crippen LogP contribution in [0.2, 0.25) is 0 Å². The fourth-order valence-corrected chi connectivity index (χ4v) is 1.55. The molecule has 0 aliphatic carbocycles. The molecule has 0 aromatic rings. The van der Waals surface area contributed by atoms with Crippen LogP contribution in [0.15, 0.2) is 0 Å². The number of rotatable bonds is 3. The van der Waals surface area contributed by atoms with E-state index in [9.17, 15) is 4.79 Å². The molecule has 0 amide bonds. The van der Waals surface area contributed by atoms with Crippen LogP contribution in [-0.4, -0.2) is 24.4 Å². The van der Waals surface area contributed by atoms with Crippen molar-refractivity contribution in [2.45, 2.75) is 24.9 Å². The molecule has 0 aromatic heterocycles. The van der Waals surface area contributed by atoms with Crippen molar-refractivity contribution in [1.29, 1.82) is 0 Å². The van der Waals surface area contributed by atoms with Crippen LogP contribution in [0.1, 0.15) is 19.3 Å². The van der Waals surface area contributed by atoms with Crippen molar-refractivity contribution in [3.05, 3.63) is 0 Å². The van der Waals surface area contributed by atoms with Crippen molar-refractivity contribution in [3.63, 3.8) is 0 Å². The summed E-state index contributed by atoms with van der Waals surface area (Å²) >= 11 is 5.51. The Morgan fingerprint density at radius 2 is 2.50 bits per heavy atom. The maximum Gasteiger partial charge on any atom is 0.151 e. The van der Waals surface area contributed by atoms with Gasteiger partial charge < -0.3 is 9.53 Å². The molecule has 1 saturated heterocycles. The Bertz CT molecular complexity index is 119. The molecule has 1 rings (SSSR count). The third kappa shape index (κ3) is 1.50. The van der Waals surface area contributed by atoms with E-state index in [1.54, 1.807) is 0 Å². The van der Waals surface area contributed by atoms with Crippen molar-refractivity contribution in [3.8, 4) is 0 Å². The molecule has 3 heteroatoms. The van der Waals surface area contributed by atoms with Gasteiger partial charge in [0.2, 0.25) is 0 Å². The Morgan fingerprint density at radius 1 is 1.70 bits per heavy atom. The topological polar surface area (TPSA) is 26.3 Å². The van der Waals surface area contributed by atoms with Crippen molar-refractivity contribution in [1.82, 2.24) is 0 Å². The number of ether oxygens (including phenoxy) is 1. The van der Waals surface area contributed by atoms with Crippen LogP contribution in [0, 0.1) is 0 Å². The molecule has 1 heterocycles. The molecule has 0 aromatic carbocycles. The highest BCUT2D eigenvalue weighted by Crippen LogP contribution is 2.26. The molecule has 0 bridgehead atoms. The van der Waals surface area contributed by atoms with E-state index in [4.69, 9.17) is 16.3 Å². The summed E-state index contributed by atoms with van der Waals surface area (Å²) in [5, 5.41) is 0. The van der Waals surface area contributed by atoms with Gasteiger partial charge in [0.05, 0.1) is 0 Å². The quantitative estimate of drug-likeness (QED) is 0.463. The van der Waals surface area contributed by atoms with Crippen LogP contribution in [0.5, 0.6) is 0 Å². The van der Waals surface area contributed by atoms with E-state index in [1.807, 2.05) is 0 Å². The van der Waals surface area contributed by atoms with Gasteiger partial charge in [-0.05, 0) is 19.3 Å². The second-order valence-corrected chi connectivity index (χ2v) is 2.95. The molecule has 0 radical (unpaired) electrons. The molecular weight excluding hydrogens is 152 g/mol. The molecule has 58 valence electrons. The zero-order valence-electron chi connectivity index (χ0n) is 5.81. The fraction of sp³-hybridized carbons (Fsp3) is 0.857. The van der Waals surface area contributed by atoms with Gasteiger partial charge in [-0.2, -0.15) is 0 Å². The van der Waals surface area contributed by atoms with E-state index in [0.29, 0.717) is 18.9 Å². The van der Waals surface area contributed by atoms with Crippen LogP contribution in [0.25, 0.3) is 0 Å². The van der Waals surface area contributed by atoms with Crippen molar-refractivity contribution >= 4 is 17.9 Å². The summed E-state index contributed by atoms with van der Waals surface area (Å²) in [5.74, 6) is 0.499. The molecule has 0 N–H and O–H groups in total. The minimum atomic E-state index is -0.526. The van der Waals surface area contributed by atoms with Crippen LogP contribution < -0.4 is 0 Å². The Hall–Kier alpha value is -0.0800. The molecule has 2 nitrogen and oxygen atoms in total. The standard InChI is InChI=1S/C7H11ClO2/c8-4-3-7(6-9)2-1-5-10-7/h6H,1-5H2. The average molecular weight is 163 g/mol. The Labute approximate surface area is 65.5 Å². The molecular formula is C7H11ClO2. The van der Waals surface area contributed by atoms with Crippen molar-refractivity contribution in [2.24, 2.45) is 0 Å². The summed E-state index contributed by atoms with van der Waals surface area (Å²) in [7, 11) is 0. The summed E-state index contributed by atoms with van der Waals surface area (Å²) in [6.07, 6.45) is 3.36. The lowest BCUT2D eigenvalue weighted by atomic mass is 9.99. The smallest absolute Gasteiger partial charge is 0.151 e. The van der Waals surface area contributed by atoms with Gasteiger partial charge in [0, 0.05) is 12.5 Å². The number of carbonyl (C=O) groups is 1. The van der Waals surface area contributed by atoms with Crippen molar-refractivity contribution < 1.29 is 9.53 Å². The van der Waals surface area contributed by atoms with Crippen molar-refractivity contribution in [2.75, 3.05) is 12.5 Å². The highest BCUT2D eigenvalue weighted by molar-refractivity contribution is 6.18. The van der Waals surface area contributed by atoms with Gasteiger partial charge in [0.25, 0.3) is 0 Å². The molecule has 1 fully saturated rings. The largest absolute Gasteiger partial charge is 0.367 e. The lowest BCUT2D eigenvalue weighted by molar-refractivity contribution is -0.125. The monoisotopic (exact) mass is 162 g/mol. The minimum absolute atomic E-state index is 0.499. The van der Waals surface area contributed by atoms with Gasteiger partial charge in [0.15, 0.2) is 6.29 Å². The van der Waals surface area contributed by atoms with Crippen LogP contribution in [0.4, 0.5) is 0 Å². The van der Waals surface area contributed by atoms with E-state index in [0.717, 1.165) is 19.1 Å². The molecule has 1 unspecified atom stereocenters. The molecule has 0 saturated carbocycles. The van der Waals surface area contributed by atoms with Gasteiger partial charge in [-0.1, -0.05) is 0 Å². The van der Waals surface area contributed by atoms with Crippen LogP contribution in [-0.2, 0) is 9.53 Å². The second kappa shape index (κ2) is 3.35. The Kier molecular flexibility index (Phi) is 2.69. The van der Waals surface area contributed by atoms with Gasteiger partial charge in [0.1, 0.15) is 5.60 Å². The summed E-state index contributed by atoms with van der Waals surface area (Å²) in [6, 6.07) is 0. The van der Waals surface area contributed by atoms with E-state index in [2.05, 4.69) is 0 Å². The maximum atomic E-state index is 10.5. The van der Waals surface area contributed by atoms with E-state index >= 15 is 0 Å². The SMILES string of the molecule is O=CC1(CCCl)CCCO1. The first kappa shape index (κ1) is 8.02. The third-order valence-electron chi connectivity index (χ3n) is 1.87. The van der Waals surface area contributed by atoms with Gasteiger partial charge in [-0.15, -0.1) is 11.6 Å². The molecule has 1 atom stereocenters. The number of carbonyl (C=O) groups excluding carboxylic acids is 1. The predicted molar refractivity (Wildman–Crippen MR) is 39.3 cm³/mol. The fourth-order valence-electron chi connectivity index (χ4n) is 1.23. The average Bonchev–Trinajstić information content (AvgIpc) is 2.39. The van der Waals surface area contributed by atoms with Gasteiger partial charge in [-0.3, -0.25) is 0 Å². The van der Waals surface area contributed by atoms with E-state index in [-0.39, 0.29) is 0 Å². The summed E-state index contributed by atoms with van der Waals surface area (Å²) < 4.78 is 5.28. The first-order valence-electron chi connectivity index (χ1n) is 3.49. The number of hydrogen-bond acceptors (Lipinski definition) is 2. The summed E-state index contributed by atoms with van der Waals surface area (Å²) in [5.41, 5.74) is -0.526. The lowest BCUT2D eigenvalue weighted by Gasteiger charge is -2.19. The highest BCUT2D eigenvalue weighted by Gasteiger charge is 2.33. The van der Waals surface area contributed by atoms with E-state index in [1.165, 1.54) is 0 Å². The summed E-state index contributed by atoms with van der Waals surface area (Å²) in [6.45, 7) is 0.704. The molecule has 10 heavy (non-hydrogen) atoms. The number of alkyl halides is 1. The van der Waals surface area contributed by atoms with Crippen LogP contribution in [0.3, 0.4) is 0 Å². The minimum Gasteiger partial charge on any atom is -0.367 e. The lowest BCUT2D eigenvalue weighted by Crippen LogP contribution is -2.29. The highest BCUT2D eigenvalue weighted by atomic mass is 35.5. The van der Waals surface area contributed by atoms with Gasteiger partial charge in [-0.25, -0.2) is 0 Å². The first-order valence-corrected chi connectivity index (χ1v) is 4.03. The normalized spacial score (nSPS) is 32.5. The Morgan fingerprint density at radius 3 is 2.90 bits per heavy atom. The predicted octanol–water partition coefficient (Wildman–Crippen LogP) is 1.36. The zero-order valence-corrected chi connectivity index (χ0v) is 6.56. The number of hydrogen-bond donors (Lipinski definition) is 0. The molecule has 1 aliphatic rings. The molecule has 0 spiro atoms. The van der Waals surface area contributed by atoms with Gasteiger partial charge >= 0.3 is 0 Å². The third-order valence-corrected chi connectivity index (χ3v) is 2.06. The Balaban J connectivity index is 2.49. The second-order valence-electron chi connectivity index (χ2n) is 2.57. The zero-order chi connectivity index (χ0) is 7.45. The first-order chi connectivity index (χ1) is 4.83. The molecule has 1 aliphatic heterocycles.